The molecule has 84 valence electrons. The average Bonchev–Trinajstić information content (AvgIpc) is 2.19. The highest BCUT2D eigenvalue weighted by Gasteiger charge is 2.23. The lowest BCUT2D eigenvalue weighted by Crippen LogP contribution is -2.41. The van der Waals surface area contributed by atoms with Crippen LogP contribution in [0.2, 0.25) is 0 Å². The van der Waals surface area contributed by atoms with E-state index in [1.807, 2.05) is 0 Å². The quantitative estimate of drug-likeness (QED) is 0.719. The Labute approximate surface area is 87.5 Å². The lowest BCUT2D eigenvalue weighted by Gasteiger charge is -2.28. The number of alkyl halides is 1. The van der Waals surface area contributed by atoms with Crippen molar-refractivity contribution in [1.29, 1.82) is 0 Å². The van der Waals surface area contributed by atoms with E-state index in [1.165, 1.54) is 19.3 Å². The summed E-state index contributed by atoms with van der Waals surface area (Å²) < 4.78 is 13.8. The van der Waals surface area contributed by atoms with Crippen LogP contribution in [0.4, 0.5) is 4.39 Å². The van der Waals surface area contributed by atoms with Gasteiger partial charge >= 0.3 is 0 Å². The molecule has 0 aliphatic carbocycles. The first-order valence-electron chi connectivity index (χ1n) is 6.11. The molecular weight excluding hydrogens is 177 g/mol. The highest BCUT2D eigenvalue weighted by molar-refractivity contribution is 4.80. The van der Waals surface area contributed by atoms with Gasteiger partial charge in [0, 0.05) is 6.04 Å². The van der Waals surface area contributed by atoms with Crippen molar-refractivity contribution in [2.24, 2.45) is 5.92 Å². The predicted molar refractivity (Wildman–Crippen MR) is 59.2 cm³/mol. The number of piperidine rings is 1. The van der Waals surface area contributed by atoms with Gasteiger partial charge in [-0.25, -0.2) is 4.39 Å². The monoisotopic (exact) mass is 201 g/mol. The van der Waals surface area contributed by atoms with Crippen LogP contribution < -0.4 is 5.32 Å². The summed E-state index contributed by atoms with van der Waals surface area (Å²) >= 11 is 0. The highest BCUT2D eigenvalue weighted by atomic mass is 19.1. The zero-order valence-corrected chi connectivity index (χ0v) is 9.56. The number of hydrogen-bond acceptors (Lipinski definition) is 1. The Morgan fingerprint density at radius 2 is 2.21 bits per heavy atom. The maximum atomic E-state index is 13.8. The molecule has 0 aromatic rings. The Hall–Kier alpha value is -0.110. The minimum Gasteiger partial charge on any atom is -0.311 e. The van der Waals surface area contributed by atoms with Gasteiger partial charge in [-0.15, -0.1) is 0 Å². The first kappa shape index (κ1) is 12.0. The minimum absolute atomic E-state index is 0.142. The molecule has 0 saturated carbocycles. The van der Waals surface area contributed by atoms with E-state index in [9.17, 15) is 4.39 Å². The molecule has 1 nitrogen and oxygen atoms in total. The largest absolute Gasteiger partial charge is 0.311 e. The summed E-state index contributed by atoms with van der Waals surface area (Å²) in [5.41, 5.74) is 0. The van der Waals surface area contributed by atoms with E-state index >= 15 is 0 Å². The average molecular weight is 201 g/mol. The molecule has 3 atom stereocenters. The molecule has 14 heavy (non-hydrogen) atoms. The number of halogens is 1. The van der Waals surface area contributed by atoms with Crippen molar-refractivity contribution in [2.45, 2.75) is 64.6 Å². The van der Waals surface area contributed by atoms with Crippen LogP contribution in [-0.4, -0.2) is 18.8 Å². The van der Waals surface area contributed by atoms with Gasteiger partial charge in [-0.1, -0.05) is 33.1 Å². The molecule has 1 rings (SSSR count). The van der Waals surface area contributed by atoms with Crippen molar-refractivity contribution < 1.29 is 4.39 Å². The molecule has 1 aliphatic rings. The van der Waals surface area contributed by atoms with Crippen LogP contribution in [0.15, 0.2) is 0 Å². The van der Waals surface area contributed by atoms with Crippen LogP contribution in [0.1, 0.15) is 52.4 Å². The van der Waals surface area contributed by atoms with Crippen LogP contribution in [0.3, 0.4) is 0 Å². The van der Waals surface area contributed by atoms with Gasteiger partial charge in [0.1, 0.15) is 6.17 Å². The lowest BCUT2D eigenvalue weighted by atomic mass is 9.92. The zero-order chi connectivity index (χ0) is 10.4. The molecule has 0 spiro atoms. The van der Waals surface area contributed by atoms with Crippen LogP contribution >= 0.6 is 0 Å². The third kappa shape index (κ3) is 3.95. The van der Waals surface area contributed by atoms with E-state index in [1.54, 1.807) is 0 Å². The SMILES string of the molecule is CCCC(C)CC(F)C1CCCCN1. The highest BCUT2D eigenvalue weighted by Crippen LogP contribution is 2.21. The standard InChI is InChI=1S/C12H24FN/c1-3-6-10(2)9-11(13)12-7-4-5-8-14-12/h10-12,14H,3-9H2,1-2H3. The molecule has 1 aliphatic heterocycles. The van der Waals surface area contributed by atoms with Crippen molar-refractivity contribution in [1.82, 2.24) is 5.32 Å². The van der Waals surface area contributed by atoms with Crippen molar-refractivity contribution in [3.05, 3.63) is 0 Å². The molecule has 0 bridgehead atoms. The van der Waals surface area contributed by atoms with E-state index < -0.39 is 6.17 Å². The summed E-state index contributed by atoms with van der Waals surface area (Å²) in [7, 11) is 0. The van der Waals surface area contributed by atoms with E-state index in [0.717, 1.165) is 25.8 Å². The van der Waals surface area contributed by atoms with Gasteiger partial charge < -0.3 is 5.32 Å². The van der Waals surface area contributed by atoms with Gasteiger partial charge in [0.15, 0.2) is 0 Å². The van der Waals surface area contributed by atoms with E-state index in [0.29, 0.717) is 5.92 Å². The third-order valence-electron chi connectivity index (χ3n) is 3.19. The molecule has 1 saturated heterocycles. The van der Waals surface area contributed by atoms with Gasteiger partial charge in [0.25, 0.3) is 0 Å². The van der Waals surface area contributed by atoms with E-state index in [-0.39, 0.29) is 6.04 Å². The molecule has 1 fully saturated rings. The predicted octanol–water partition coefficient (Wildman–Crippen LogP) is 3.29. The Morgan fingerprint density at radius 3 is 2.79 bits per heavy atom. The second-order valence-electron chi connectivity index (χ2n) is 4.70. The van der Waals surface area contributed by atoms with E-state index in [4.69, 9.17) is 0 Å². The summed E-state index contributed by atoms with van der Waals surface area (Å²) in [5.74, 6) is 0.540. The minimum atomic E-state index is -0.628. The van der Waals surface area contributed by atoms with Crippen LogP contribution in [0.25, 0.3) is 0 Å². The van der Waals surface area contributed by atoms with Gasteiger partial charge in [-0.3, -0.25) is 0 Å². The number of hydrogen-bond donors (Lipinski definition) is 1. The summed E-state index contributed by atoms with van der Waals surface area (Å²) in [6.07, 6.45) is 5.88. The first-order valence-corrected chi connectivity index (χ1v) is 6.11. The topological polar surface area (TPSA) is 12.0 Å². The molecule has 3 unspecified atom stereocenters. The molecule has 0 aromatic heterocycles. The van der Waals surface area contributed by atoms with Crippen molar-refractivity contribution in [3.8, 4) is 0 Å². The summed E-state index contributed by atoms with van der Waals surface area (Å²) in [6.45, 7) is 5.34. The Bertz CT molecular complexity index is 143. The molecule has 1 heterocycles. The fraction of sp³-hybridized carbons (Fsp3) is 1.00. The van der Waals surface area contributed by atoms with Crippen LogP contribution in [-0.2, 0) is 0 Å². The second kappa shape index (κ2) is 6.39. The molecule has 0 amide bonds. The van der Waals surface area contributed by atoms with Gasteiger partial charge in [0.05, 0.1) is 0 Å². The molecule has 1 N–H and O–H groups in total. The maximum absolute atomic E-state index is 13.8. The summed E-state index contributed by atoms with van der Waals surface area (Å²) in [5, 5.41) is 3.29. The second-order valence-corrected chi connectivity index (χ2v) is 4.70. The van der Waals surface area contributed by atoms with Gasteiger partial charge in [-0.2, -0.15) is 0 Å². The fourth-order valence-electron chi connectivity index (χ4n) is 2.35. The van der Waals surface area contributed by atoms with Gasteiger partial charge in [-0.05, 0) is 31.7 Å². The lowest BCUT2D eigenvalue weighted by molar-refractivity contribution is 0.183. The van der Waals surface area contributed by atoms with Gasteiger partial charge in [0.2, 0.25) is 0 Å². The molecule has 2 heteroatoms. The third-order valence-corrected chi connectivity index (χ3v) is 3.19. The zero-order valence-electron chi connectivity index (χ0n) is 9.56. The Kier molecular flexibility index (Phi) is 5.46. The number of rotatable bonds is 5. The Balaban J connectivity index is 2.21. The first-order chi connectivity index (χ1) is 6.74. The summed E-state index contributed by atoms with van der Waals surface area (Å²) in [6, 6.07) is 0.142. The smallest absolute Gasteiger partial charge is 0.116 e. The van der Waals surface area contributed by atoms with Crippen LogP contribution in [0.5, 0.6) is 0 Å². The Morgan fingerprint density at radius 1 is 1.43 bits per heavy atom. The van der Waals surface area contributed by atoms with Crippen molar-refractivity contribution in [2.75, 3.05) is 6.54 Å². The van der Waals surface area contributed by atoms with Crippen molar-refractivity contribution in [3.63, 3.8) is 0 Å². The van der Waals surface area contributed by atoms with Crippen molar-refractivity contribution >= 4 is 0 Å². The normalized spacial score (nSPS) is 27.2. The number of nitrogens with one attached hydrogen (secondary N) is 1. The molecule has 0 radical (unpaired) electrons. The fourth-order valence-corrected chi connectivity index (χ4v) is 2.35. The molecular formula is C12H24FN. The summed E-state index contributed by atoms with van der Waals surface area (Å²) in [4.78, 5) is 0. The maximum Gasteiger partial charge on any atom is 0.116 e. The molecule has 0 aromatic carbocycles. The van der Waals surface area contributed by atoms with Crippen LogP contribution in [0, 0.1) is 5.92 Å². The van der Waals surface area contributed by atoms with E-state index in [2.05, 4.69) is 19.2 Å².